The molecule has 2 aromatic rings. The van der Waals surface area contributed by atoms with E-state index >= 15 is 0 Å². The molecule has 0 radical (unpaired) electrons. The number of aromatic nitrogens is 1. The highest BCUT2D eigenvalue weighted by atomic mass is 16.5. The Kier molecular flexibility index (Phi) is 6.12. The van der Waals surface area contributed by atoms with Crippen molar-refractivity contribution in [3.63, 3.8) is 0 Å². The second kappa shape index (κ2) is 8.71. The maximum absolute atomic E-state index is 9.38. The van der Waals surface area contributed by atoms with Gasteiger partial charge in [-0.25, -0.2) is 4.99 Å². The van der Waals surface area contributed by atoms with Crippen molar-refractivity contribution in [3.8, 4) is 5.75 Å². The minimum atomic E-state index is 0.281. The van der Waals surface area contributed by atoms with Crippen molar-refractivity contribution in [1.29, 1.82) is 0 Å². The number of aliphatic imine (C=N–C) groups is 1. The van der Waals surface area contributed by atoms with Crippen molar-refractivity contribution in [1.82, 2.24) is 20.3 Å². The number of nitrogens with zero attached hydrogens (tertiary/aromatic N) is 4. The second-order valence-corrected chi connectivity index (χ2v) is 6.53. The van der Waals surface area contributed by atoms with Gasteiger partial charge < -0.3 is 19.8 Å². The van der Waals surface area contributed by atoms with Crippen LogP contribution in [0.3, 0.4) is 0 Å². The summed E-state index contributed by atoms with van der Waals surface area (Å²) < 4.78 is 5.15. The van der Waals surface area contributed by atoms with Crippen molar-refractivity contribution in [2.45, 2.75) is 26.9 Å². The van der Waals surface area contributed by atoms with Crippen LogP contribution in [0.1, 0.15) is 23.9 Å². The van der Waals surface area contributed by atoms with Crippen LogP contribution in [0.2, 0.25) is 0 Å². The number of rotatable bonds is 5. The van der Waals surface area contributed by atoms with E-state index in [1.165, 1.54) is 0 Å². The SMILES string of the molecule is CCNC(=NCc1ccc(O)cc1)N1CCN(Cc2cc(C)on2)CC1. The van der Waals surface area contributed by atoms with Gasteiger partial charge in [0.15, 0.2) is 5.96 Å². The summed E-state index contributed by atoms with van der Waals surface area (Å²) in [6.45, 7) is 10.1. The van der Waals surface area contributed by atoms with E-state index < -0.39 is 0 Å². The van der Waals surface area contributed by atoms with Crippen LogP contribution in [0.4, 0.5) is 0 Å². The maximum atomic E-state index is 9.38. The number of hydrogen-bond donors (Lipinski definition) is 2. The molecule has 1 aromatic heterocycles. The van der Waals surface area contributed by atoms with Crippen LogP contribution in [0, 0.1) is 6.92 Å². The molecule has 0 saturated carbocycles. The van der Waals surface area contributed by atoms with Crippen molar-refractivity contribution < 1.29 is 9.63 Å². The first-order valence-electron chi connectivity index (χ1n) is 9.09. The molecule has 7 nitrogen and oxygen atoms in total. The summed E-state index contributed by atoms with van der Waals surface area (Å²) in [5, 5.41) is 16.8. The lowest BCUT2D eigenvalue weighted by Gasteiger charge is -2.36. The van der Waals surface area contributed by atoms with E-state index in [0.29, 0.717) is 6.54 Å². The van der Waals surface area contributed by atoms with Gasteiger partial charge in [-0.3, -0.25) is 4.90 Å². The van der Waals surface area contributed by atoms with Crippen LogP contribution in [-0.4, -0.2) is 58.7 Å². The zero-order valence-electron chi connectivity index (χ0n) is 15.5. The summed E-state index contributed by atoms with van der Waals surface area (Å²) >= 11 is 0. The summed E-state index contributed by atoms with van der Waals surface area (Å²) in [5.41, 5.74) is 2.07. The molecule has 0 bridgehead atoms. The molecule has 1 fully saturated rings. The van der Waals surface area contributed by atoms with Gasteiger partial charge in [0.2, 0.25) is 0 Å². The molecular formula is C19H27N5O2. The number of phenols is 1. The number of phenolic OH excluding ortho intramolecular Hbond substituents is 1. The van der Waals surface area contributed by atoms with Crippen LogP contribution in [-0.2, 0) is 13.1 Å². The topological polar surface area (TPSA) is 77.1 Å². The average Bonchev–Trinajstić information content (AvgIpc) is 3.05. The summed E-state index contributed by atoms with van der Waals surface area (Å²) in [6.07, 6.45) is 0. The highest BCUT2D eigenvalue weighted by Gasteiger charge is 2.20. The third-order valence-corrected chi connectivity index (χ3v) is 4.42. The first-order valence-corrected chi connectivity index (χ1v) is 9.09. The molecule has 140 valence electrons. The molecule has 2 N–H and O–H groups in total. The first-order chi connectivity index (χ1) is 12.6. The lowest BCUT2D eigenvalue weighted by molar-refractivity contribution is 0.169. The van der Waals surface area contributed by atoms with Crippen molar-refractivity contribution >= 4 is 5.96 Å². The Hall–Kier alpha value is -2.54. The zero-order valence-corrected chi connectivity index (χ0v) is 15.5. The fourth-order valence-corrected chi connectivity index (χ4v) is 3.03. The van der Waals surface area contributed by atoms with E-state index in [1.807, 2.05) is 25.1 Å². The molecule has 1 aromatic carbocycles. The summed E-state index contributed by atoms with van der Waals surface area (Å²) in [6, 6.07) is 9.19. The molecule has 1 saturated heterocycles. The number of piperazine rings is 1. The molecule has 2 heterocycles. The Bertz CT molecular complexity index is 718. The number of aromatic hydroxyl groups is 1. The Balaban J connectivity index is 1.55. The molecule has 0 unspecified atom stereocenters. The summed E-state index contributed by atoms with van der Waals surface area (Å²) in [4.78, 5) is 9.44. The van der Waals surface area contributed by atoms with Crippen molar-refractivity contribution in [2.75, 3.05) is 32.7 Å². The van der Waals surface area contributed by atoms with Crippen LogP contribution in [0.15, 0.2) is 39.8 Å². The average molecular weight is 357 g/mol. The number of benzene rings is 1. The predicted molar refractivity (Wildman–Crippen MR) is 101 cm³/mol. The molecule has 26 heavy (non-hydrogen) atoms. The first kappa shape index (κ1) is 18.3. The Labute approximate surface area is 154 Å². The summed E-state index contributed by atoms with van der Waals surface area (Å²) in [7, 11) is 0. The monoisotopic (exact) mass is 357 g/mol. The van der Waals surface area contributed by atoms with E-state index in [2.05, 4.69) is 27.2 Å². The molecule has 0 spiro atoms. The van der Waals surface area contributed by atoms with Gasteiger partial charge in [-0.1, -0.05) is 17.3 Å². The number of aryl methyl sites for hydroxylation is 1. The molecule has 0 atom stereocenters. The van der Waals surface area contributed by atoms with E-state index in [1.54, 1.807) is 12.1 Å². The third kappa shape index (κ3) is 4.98. The lowest BCUT2D eigenvalue weighted by atomic mass is 10.2. The quantitative estimate of drug-likeness (QED) is 0.629. The van der Waals surface area contributed by atoms with Crippen molar-refractivity contribution in [3.05, 3.63) is 47.3 Å². The van der Waals surface area contributed by atoms with Gasteiger partial charge in [-0.2, -0.15) is 0 Å². The standard InChI is InChI=1S/C19H27N5O2/c1-3-20-19(21-13-16-4-6-18(25)7-5-16)24-10-8-23(9-11-24)14-17-12-15(2)26-22-17/h4-7,12,25H,3,8-11,13-14H2,1-2H3,(H,20,21). The zero-order chi connectivity index (χ0) is 18.4. The minimum Gasteiger partial charge on any atom is -0.508 e. The van der Waals surface area contributed by atoms with Crippen LogP contribution < -0.4 is 5.32 Å². The maximum Gasteiger partial charge on any atom is 0.194 e. The van der Waals surface area contributed by atoms with Gasteiger partial charge in [0, 0.05) is 45.3 Å². The van der Waals surface area contributed by atoms with E-state index in [4.69, 9.17) is 9.52 Å². The molecule has 1 aliphatic rings. The number of guanidine groups is 1. The Morgan fingerprint density at radius 3 is 2.58 bits per heavy atom. The van der Waals surface area contributed by atoms with E-state index in [0.717, 1.165) is 62.2 Å². The predicted octanol–water partition coefficient (Wildman–Crippen LogP) is 1.97. The van der Waals surface area contributed by atoms with Gasteiger partial charge in [-0.05, 0) is 31.5 Å². The fraction of sp³-hybridized carbons (Fsp3) is 0.474. The lowest BCUT2D eigenvalue weighted by Crippen LogP contribution is -2.52. The smallest absolute Gasteiger partial charge is 0.194 e. The highest BCUT2D eigenvalue weighted by molar-refractivity contribution is 5.80. The Morgan fingerprint density at radius 1 is 1.23 bits per heavy atom. The fourth-order valence-electron chi connectivity index (χ4n) is 3.03. The number of nitrogens with one attached hydrogen (secondary N) is 1. The van der Waals surface area contributed by atoms with E-state index in [9.17, 15) is 5.11 Å². The van der Waals surface area contributed by atoms with E-state index in [-0.39, 0.29) is 5.75 Å². The van der Waals surface area contributed by atoms with Crippen LogP contribution in [0.25, 0.3) is 0 Å². The third-order valence-electron chi connectivity index (χ3n) is 4.42. The van der Waals surface area contributed by atoms with Gasteiger partial charge in [-0.15, -0.1) is 0 Å². The highest BCUT2D eigenvalue weighted by Crippen LogP contribution is 2.12. The Morgan fingerprint density at radius 2 is 1.96 bits per heavy atom. The summed E-state index contributed by atoms with van der Waals surface area (Å²) in [5.74, 6) is 2.08. The molecule has 7 heteroatoms. The normalized spacial score (nSPS) is 16.1. The van der Waals surface area contributed by atoms with Gasteiger partial charge in [0.05, 0.1) is 12.2 Å². The number of hydrogen-bond acceptors (Lipinski definition) is 5. The van der Waals surface area contributed by atoms with Crippen molar-refractivity contribution in [2.24, 2.45) is 4.99 Å². The molecule has 0 amide bonds. The molecule has 1 aliphatic heterocycles. The van der Waals surface area contributed by atoms with Gasteiger partial charge >= 0.3 is 0 Å². The molecular weight excluding hydrogens is 330 g/mol. The van der Waals surface area contributed by atoms with Crippen LogP contribution >= 0.6 is 0 Å². The molecule has 3 rings (SSSR count). The van der Waals surface area contributed by atoms with Gasteiger partial charge in [0.1, 0.15) is 11.5 Å². The largest absolute Gasteiger partial charge is 0.508 e. The van der Waals surface area contributed by atoms with Gasteiger partial charge in [0.25, 0.3) is 0 Å². The van der Waals surface area contributed by atoms with Crippen LogP contribution in [0.5, 0.6) is 5.75 Å². The second-order valence-electron chi connectivity index (χ2n) is 6.53. The minimum absolute atomic E-state index is 0.281. The molecule has 0 aliphatic carbocycles.